The molecule has 0 bridgehead atoms. The average molecular weight is 244 g/mol. The summed E-state index contributed by atoms with van der Waals surface area (Å²) in [5.41, 5.74) is 1.74. The lowest BCUT2D eigenvalue weighted by Crippen LogP contribution is -2.20. The molecule has 1 atom stereocenters. The van der Waals surface area contributed by atoms with Crippen LogP contribution < -0.4 is 5.32 Å². The highest BCUT2D eigenvalue weighted by Crippen LogP contribution is 2.18. The van der Waals surface area contributed by atoms with Crippen LogP contribution >= 0.6 is 11.6 Å². The Morgan fingerprint density at radius 3 is 2.56 bits per heavy atom. The van der Waals surface area contributed by atoms with Crippen molar-refractivity contribution in [1.29, 1.82) is 0 Å². The number of hydrogen-bond donors (Lipinski definition) is 1. The molecule has 0 saturated heterocycles. The number of halogens is 1. The van der Waals surface area contributed by atoms with E-state index >= 15 is 0 Å². The van der Waals surface area contributed by atoms with Gasteiger partial charge >= 0.3 is 0 Å². The maximum Gasteiger partial charge on any atom is 0.171 e. The van der Waals surface area contributed by atoms with Crippen molar-refractivity contribution in [3.05, 3.63) is 16.5 Å². The molecule has 0 saturated carbocycles. The van der Waals surface area contributed by atoms with Crippen molar-refractivity contribution in [1.82, 2.24) is 9.97 Å². The molecule has 0 radical (unpaired) electrons. The summed E-state index contributed by atoms with van der Waals surface area (Å²) in [6, 6.07) is 0. The molecular weight excluding hydrogens is 226 g/mol. The van der Waals surface area contributed by atoms with E-state index in [1.807, 2.05) is 27.7 Å². The molecule has 16 heavy (non-hydrogen) atoms. The molecule has 4 nitrogen and oxygen atoms in total. The van der Waals surface area contributed by atoms with Crippen molar-refractivity contribution >= 4 is 17.4 Å². The van der Waals surface area contributed by atoms with Crippen LogP contribution in [0.4, 0.5) is 5.82 Å². The van der Waals surface area contributed by atoms with Crippen LogP contribution in [-0.4, -0.2) is 29.2 Å². The second-order valence-corrected chi connectivity index (χ2v) is 4.04. The lowest BCUT2D eigenvalue weighted by Gasteiger charge is -2.14. The fraction of sp³-hybridized carbons (Fsp3) is 0.636. The van der Waals surface area contributed by atoms with Crippen LogP contribution in [-0.2, 0) is 4.74 Å². The van der Waals surface area contributed by atoms with Gasteiger partial charge in [-0.25, -0.2) is 9.97 Å². The molecule has 0 aliphatic rings. The minimum atomic E-state index is 0.129. The largest absolute Gasteiger partial charge is 0.377 e. The summed E-state index contributed by atoms with van der Waals surface area (Å²) in [5.74, 6) is 0.622. The van der Waals surface area contributed by atoms with Crippen molar-refractivity contribution < 1.29 is 4.74 Å². The Bertz CT molecular complexity index is 357. The molecule has 1 aromatic heterocycles. The number of anilines is 1. The molecule has 5 heteroatoms. The third-order valence-corrected chi connectivity index (χ3v) is 2.54. The summed E-state index contributed by atoms with van der Waals surface area (Å²) in [4.78, 5) is 8.54. The smallest absolute Gasteiger partial charge is 0.171 e. The third-order valence-electron chi connectivity index (χ3n) is 2.27. The monoisotopic (exact) mass is 243 g/mol. The van der Waals surface area contributed by atoms with Crippen LogP contribution in [0.3, 0.4) is 0 Å². The molecule has 90 valence electrons. The van der Waals surface area contributed by atoms with E-state index in [1.165, 1.54) is 0 Å². The summed E-state index contributed by atoms with van der Waals surface area (Å²) in [5, 5.41) is 3.54. The summed E-state index contributed by atoms with van der Waals surface area (Å²) in [6.07, 6.45) is 0.129. The van der Waals surface area contributed by atoms with Crippen molar-refractivity contribution in [2.75, 3.05) is 18.5 Å². The van der Waals surface area contributed by atoms with Gasteiger partial charge < -0.3 is 10.1 Å². The molecular formula is C11H18ClN3O. The van der Waals surface area contributed by atoms with Crippen LogP contribution in [0.15, 0.2) is 0 Å². The third kappa shape index (κ3) is 3.61. The molecule has 0 fully saturated rings. The molecule has 1 unspecified atom stereocenters. The van der Waals surface area contributed by atoms with Crippen molar-refractivity contribution in [3.63, 3.8) is 0 Å². The number of nitrogens with one attached hydrogen (secondary N) is 1. The van der Waals surface area contributed by atoms with E-state index in [4.69, 9.17) is 16.3 Å². The Morgan fingerprint density at radius 2 is 1.94 bits per heavy atom. The molecule has 0 aliphatic heterocycles. The quantitative estimate of drug-likeness (QED) is 0.864. The van der Waals surface area contributed by atoms with Crippen molar-refractivity contribution in [2.45, 2.75) is 33.8 Å². The first kappa shape index (κ1) is 13.2. The van der Waals surface area contributed by atoms with Gasteiger partial charge in [-0.3, -0.25) is 0 Å². The summed E-state index contributed by atoms with van der Waals surface area (Å²) in [7, 11) is 0. The van der Waals surface area contributed by atoms with Gasteiger partial charge in [0.05, 0.1) is 17.5 Å². The normalized spacial score (nSPS) is 12.6. The number of ether oxygens (including phenoxy) is 1. The highest BCUT2D eigenvalue weighted by molar-refractivity contribution is 6.31. The number of aromatic nitrogens is 2. The van der Waals surface area contributed by atoms with Gasteiger partial charge in [-0.05, 0) is 27.7 Å². The van der Waals surface area contributed by atoms with E-state index in [9.17, 15) is 0 Å². The van der Waals surface area contributed by atoms with Crippen LogP contribution in [0.1, 0.15) is 25.2 Å². The molecule has 1 N–H and O–H groups in total. The summed E-state index contributed by atoms with van der Waals surface area (Å²) < 4.78 is 5.40. The van der Waals surface area contributed by atoms with E-state index in [-0.39, 0.29) is 6.10 Å². The Labute approximate surface area is 101 Å². The summed E-state index contributed by atoms with van der Waals surface area (Å²) in [6.45, 7) is 9.15. The van der Waals surface area contributed by atoms with Crippen LogP contribution in [0.2, 0.25) is 5.15 Å². The maximum atomic E-state index is 5.99. The molecule has 1 aromatic rings. The predicted octanol–water partition coefficient (Wildman–Crippen LogP) is 2.58. The van der Waals surface area contributed by atoms with E-state index in [0.717, 1.165) is 11.4 Å². The second kappa shape index (κ2) is 6.01. The molecule has 0 aliphatic carbocycles. The Balaban J connectivity index is 2.63. The minimum absolute atomic E-state index is 0.129. The molecule has 0 aromatic carbocycles. The van der Waals surface area contributed by atoms with Crippen molar-refractivity contribution in [3.8, 4) is 0 Å². The first-order chi connectivity index (χ1) is 7.54. The molecule has 0 spiro atoms. The lowest BCUT2D eigenvalue weighted by atomic mass is 10.3. The van der Waals surface area contributed by atoms with Crippen LogP contribution in [0.5, 0.6) is 0 Å². The number of aryl methyl sites for hydroxylation is 2. The number of rotatable bonds is 5. The van der Waals surface area contributed by atoms with E-state index < -0.39 is 0 Å². The van der Waals surface area contributed by atoms with Gasteiger partial charge in [-0.1, -0.05) is 11.6 Å². The SMILES string of the molecule is CCOC(C)CNc1nc(C)c(C)nc1Cl. The first-order valence-electron chi connectivity index (χ1n) is 5.40. The molecule has 1 rings (SSSR count). The Morgan fingerprint density at radius 1 is 1.31 bits per heavy atom. The van der Waals surface area contributed by atoms with Gasteiger partial charge in [0.15, 0.2) is 11.0 Å². The van der Waals surface area contributed by atoms with E-state index in [2.05, 4.69) is 15.3 Å². The van der Waals surface area contributed by atoms with E-state index in [0.29, 0.717) is 24.1 Å². The topological polar surface area (TPSA) is 47.0 Å². The maximum absolute atomic E-state index is 5.99. The van der Waals surface area contributed by atoms with Gasteiger partial charge in [0.2, 0.25) is 0 Å². The highest BCUT2D eigenvalue weighted by atomic mass is 35.5. The van der Waals surface area contributed by atoms with Crippen LogP contribution in [0.25, 0.3) is 0 Å². The van der Waals surface area contributed by atoms with E-state index in [1.54, 1.807) is 0 Å². The molecule has 1 heterocycles. The number of nitrogens with zero attached hydrogens (tertiary/aromatic N) is 2. The van der Waals surface area contributed by atoms with Gasteiger partial charge in [0.1, 0.15) is 0 Å². The summed E-state index contributed by atoms with van der Waals surface area (Å²) >= 11 is 5.99. The zero-order chi connectivity index (χ0) is 12.1. The van der Waals surface area contributed by atoms with Gasteiger partial charge in [-0.15, -0.1) is 0 Å². The lowest BCUT2D eigenvalue weighted by molar-refractivity contribution is 0.0855. The first-order valence-corrected chi connectivity index (χ1v) is 5.78. The average Bonchev–Trinajstić information content (AvgIpc) is 2.22. The zero-order valence-electron chi connectivity index (χ0n) is 10.2. The minimum Gasteiger partial charge on any atom is -0.377 e. The highest BCUT2D eigenvalue weighted by Gasteiger charge is 2.08. The molecule has 0 amide bonds. The zero-order valence-corrected chi connectivity index (χ0v) is 10.9. The standard InChI is InChI=1S/C11H18ClN3O/c1-5-16-7(2)6-13-11-10(12)14-8(3)9(4)15-11/h7H,5-6H2,1-4H3,(H,13,15). The fourth-order valence-corrected chi connectivity index (χ4v) is 1.51. The van der Waals surface area contributed by atoms with Gasteiger partial charge in [0, 0.05) is 13.2 Å². The van der Waals surface area contributed by atoms with Crippen LogP contribution in [0, 0.1) is 13.8 Å². The second-order valence-electron chi connectivity index (χ2n) is 3.68. The fourth-order valence-electron chi connectivity index (χ4n) is 1.27. The Hall–Kier alpha value is -0.870. The van der Waals surface area contributed by atoms with Crippen molar-refractivity contribution in [2.24, 2.45) is 0 Å². The predicted molar refractivity (Wildman–Crippen MR) is 66.1 cm³/mol. The van der Waals surface area contributed by atoms with Gasteiger partial charge in [-0.2, -0.15) is 0 Å². The van der Waals surface area contributed by atoms with Gasteiger partial charge in [0.25, 0.3) is 0 Å². The Kier molecular flexibility index (Phi) is 4.96. The number of hydrogen-bond acceptors (Lipinski definition) is 4.